The third kappa shape index (κ3) is 7.81. The Hall–Kier alpha value is -4.06. The summed E-state index contributed by atoms with van der Waals surface area (Å²) in [5, 5.41) is 4.29. The first-order valence-electron chi connectivity index (χ1n) is 12.4. The maximum atomic E-state index is 13.5. The Balaban J connectivity index is 1.51. The van der Waals surface area contributed by atoms with Gasteiger partial charge < -0.3 is 0 Å². The molecule has 0 fully saturated rings. The van der Waals surface area contributed by atoms with E-state index < -0.39 is 33.5 Å². The zero-order chi connectivity index (χ0) is 30.5. The number of alkyl halides is 3. The van der Waals surface area contributed by atoms with Gasteiger partial charge in [-0.15, -0.1) is 0 Å². The highest BCUT2D eigenvalue weighted by atomic mass is 35.5. The van der Waals surface area contributed by atoms with Crippen LogP contribution in [0.5, 0.6) is 0 Å². The highest BCUT2D eigenvalue weighted by Crippen LogP contribution is 2.29. The second kappa shape index (κ2) is 12.8. The summed E-state index contributed by atoms with van der Waals surface area (Å²) < 4.78 is 80.7. The molecule has 0 aliphatic heterocycles. The van der Waals surface area contributed by atoms with Gasteiger partial charge in [0, 0.05) is 23.7 Å². The number of nitrogens with one attached hydrogen (secondary N) is 1. The van der Waals surface area contributed by atoms with Crippen molar-refractivity contribution in [3.05, 3.63) is 136 Å². The van der Waals surface area contributed by atoms with Crippen LogP contribution in [-0.2, 0) is 29.3 Å². The lowest BCUT2D eigenvalue weighted by atomic mass is 10.1. The average molecular weight is 618 g/mol. The number of sulfonamides is 1. The summed E-state index contributed by atoms with van der Waals surface area (Å²) in [5.74, 6) is -1.06. The van der Waals surface area contributed by atoms with E-state index in [1.165, 1.54) is 84.0 Å². The number of benzene rings is 4. The van der Waals surface area contributed by atoms with Crippen molar-refractivity contribution in [1.29, 1.82) is 0 Å². The largest absolute Gasteiger partial charge is 0.416 e. The molecule has 0 heterocycles. The van der Waals surface area contributed by atoms with Gasteiger partial charge in [-0.25, -0.2) is 18.2 Å². The van der Waals surface area contributed by atoms with Gasteiger partial charge in [-0.1, -0.05) is 48.0 Å². The average Bonchev–Trinajstić information content (AvgIpc) is 2.96. The van der Waals surface area contributed by atoms with Crippen LogP contribution in [0, 0.1) is 5.82 Å². The summed E-state index contributed by atoms with van der Waals surface area (Å²) in [7, 11) is -3.99. The van der Waals surface area contributed by atoms with Crippen LogP contribution in [0.25, 0.3) is 0 Å². The molecule has 0 aromatic heterocycles. The van der Waals surface area contributed by atoms with E-state index >= 15 is 0 Å². The van der Waals surface area contributed by atoms with Crippen molar-refractivity contribution < 1.29 is 30.8 Å². The lowest BCUT2D eigenvalue weighted by Crippen LogP contribution is -2.30. The van der Waals surface area contributed by atoms with Gasteiger partial charge >= 0.3 is 6.18 Å². The standard InChI is InChI=1S/C30H24ClF4N3O3S/c1-20(24-3-2-4-25(17-24)30(33,34)35)36-37-29(39)23-9-5-21(6-10-23)18-38(19-22-7-13-27(32)14-8-22)42(40,41)28-15-11-26(31)12-16-28/h2-17H,18-19H2,1H3,(H,37,39)/b36-20-. The van der Waals surface area contributed by atoms with Crippen LogP contribution in [0.3, 0.4) is 0 Å². The smallest absolute Gasteiger partial charge is 0.267 e. The van der Waals surface area contributed by atoms with Crippen molar-refractivity contribution in [1.82, 2.24) is 9.73 Å². The molecule has 0 saturated heterocycles. The number of carbonyl (C=O) groups excluding carboxylic acids is 1. The molecule has 4 aromatic rings. The van der Waals surface area contributed by atoms with Gasteiger partial charge in [0.05, 0.1) is 16.2 Å². The van der Waals surface area contributed by atoms with Crippen LogP contribution in [0.15, 0.2) is 107 Å². The second-order valence-electron chi connectivity index (χ2n) is 9.27. The molecular weight excluding hydrogens is 594 g/mol. The van der Waals surface area contributed by atoms with Crippen LogP contribution in [0.4, 0.5) is 17.6 Å². The summed E-state index contributed by atoms with van der Waals surface area (Å²) in [4.78, 5) is 12.7. The van der Waals surface area contributed by atoms with Crippen molar-refractivity contribution in [2.24, 2.45) is 5.10 Å². The number of nitrogens with zero attached hydrogens (tertiary/aromatic N) is 2. The molecule has 0 spiro atoms. The number of halogens is 5. The lowest BCUT2D eigenvalue weighted by molar-refractivity contribution is -0.137. The van der Waals surface area contributed by atoms with E-state index in [4.69, 9.17) is 11.6 Å². The van der Waals surface area contributed by atoms with E-state index in [0.29, 0.717) is 16.1 Å². The molecule has 6 nitrogen and oxygen atoms in total. The van der Waals surface area contributed by atoms with Crippen LogP contribution in [0.2, 0.25) is 5.02 Å². The summed E-state index contributed by atoms with van der Waals surface area (Å²) >= 11 is 5.92. The second-order valence-corrected chi connectivity index (χ2v) is 11.6. The molecule has 0 unspecified atom stereocenters. The van der Waals surface area contributed by atoms with Gasteiger partial charge in [0.2, 0.25) is 10.0 Å². The van der Waals surface area contributed by atoms with Gasteiger partial charge in [0.25, 0.3) is 5.91 Å². The molecule has 0 radical (unpaired) electrons. The molecule has 1 N–H and O–H groups in total. The Kier molecular flexibility index (Phi) is 9.45. The van der Waals surface area contributed by atoms with Crippen molar-refractivity contribution in [3.63, 3.8) is 0 Å². The number of carbonyl (C=O) groups is 1. The fourth-order valence-corrected chi connectivity index (χ4v) is 5.47. The zero-order valence-electron chi connectivity index (χ0n) is 22.1. The van der Waals surface area contributed by atoms with Crippen molar-refractivity contribution in [2.75, 3.05) is 0 Å². The van der Waals surface area contributed by atoms with Gasteiger partial charge in [0.15, 0.2) is 0 Å². The molecule has 0 aliphatic carbocycles. The maximum Gasteiger partial charge on any atom is 0.416 e. The molecule has 4 rings (SSSR count). The van der Waals surface area contributed by atoms with Gasteiger partial charge in [-0.3, -0.25) is 4.79 Å². The minimum atomic E-state index is -4.51. The van der Waals surface area contributed by atoms with Crippen LogP contribution in [0.1, 0.15) is 39.5 Å². The third-order valence-electron chi connectivity index (χ3n) is 6.23. The number of hydrogen-bond acceptors (Lipinski definition) is 4. The van der Waals surface area contributed by atoms with Crippen molar-refractivity contribution in [3.8, 4) is 0 Å². The summed E-state index contributed by atoms with van der Waals surface area (Å²) in [5.41, 5.74) is 3.20. The fraction of sp³-hybridized carbons (Fsp3) is 0.133. The molecule has 218 valence electrons. The Bertz CT molecular complexity index is 1690. The zero-order valence-corrected chi connectivity index (χ0v) is 23.6. The van der Waals surface area contributed by atoms with Crippen LogP contribution in [-0.4, -0.2) is 24.3 Å². The molecular formula is C30H24ClF4N3O3S. The van der Waals surface area contributed by atoms with Gasteiger partial charge in [-0.05, 0) is 84.3 Å². The number of hydrogen-bond donors (Lipinski definition) is 1. The first-order chi connectivity index (χ1) is 19.8. The topological polar surface area (TPSA) is 78.8 Å². The van der Waals surface area contributed by atoms with E-state index in [1.54, 1.807) is 12.1 Å². The summed E-state index contributed by atoms with van der Waals surface area (Å²) in [6.45, 7) is 1.36. The van der Waals surface area contributed by atoms with Gasteiger partial charge in [-0.2, -0.15) is 22.6 Å². The number of rotatable bonds is 9. The SMILES string of the molecule is C/C(=N/NC(=O)c1ccc(CN(Cc2ccc(F)cc2)S(=O)(=O)c2ccc(Cl)cc2)cc1)c1cccc(C(F)(F)F)c1. The predicted molar refractivity (Wildman–Crippen MR) is 152 cm³/mol. The Morgan fingerprint density at radius 3 is 2.00 bits per heavy atom. The molecule has 0 saturated carbocycles. The van der Waals surface area contributed by atoms with E-state index in [-0.39, 0.29) is 34.8 Å². The Morgan fingerprint density at radius 2 is 1.43 bits per heavy atom. The number of amides is 1. The van der Waals surface area contributed by atoms with Crippen molar-refractivity contribution >= 4 is 33.2 Å². The maximum absolute atomic E-state index is 13.5. The van der Waals surface area contributed by atoms with E-state index in [2.05, 4.69) is 10.5 Å². The van der Waals surface area contributed by atoms with E-state index in [1.807, 2.05) is 0 Å². The minimum absolute atomic E-state index is 0.0269. The molecule has 12 heteroatoms. The highest BCUT2D eigenvalue weighted by molar-refractivity contribution is 7.89. The molecule has 0 aliphatic rings. The highest BCUT2D eigenvalue weighted by Gasteiger charge is 2.30. The normalized spacial score (nSPS) is 12.4. The van der Waals surface area contributed by atoms with Crippen LogP contribution < -0.4 is 5.43 Å². The predicted octanol–water partition coefficient (Wildman–Crippen LogP) is 7.04. The van der Waals surface area contributed by atoms with E-state index in [9.17, 15) is 30.8 Å². The Labute approximate surface area is 245 Å². The fourth-order valence-electron chi connectivity index (χ4n) is 3.92. The van der Waals surface area contributed by atoms with E-state index in [0.717, 1.165) is 12.1 Å². The first kappa shape index (κ1) is 30.9. The lowest BCUT2D eigenvalue weighted by Gasteiger charge is -2.23. The molecule has 1 amide bonds. The first-order valence-corrected chi connectivity index (χ1v) is 14.3. The quantitative estimate of drug-likeness (QED) is 0.124. The van der Waals surface area contributed by atoms with Crippen molar-refractivity contribution in [2.45, 2.75) is 31.1 Å². The van der Waals surface area contributed by atoms with Gasteiger partial charge in [0.1, 0.15) is 5.82 Å². The van der Waals surface area contributed by atoms with Crippen LogP contribution >= 0.6 is 11.6 Å². The molecule has 0 atom stereocenters. The molecule has 0 bridgehead atoms. The number of hydrazone groups is 1. The minimum Gasteiger partial charge on any atom is -0.267 e. The molecule has 4 aromatic carbocycles. The summed E-state index contributed by atoms with van der Waals surface area (Å²) in [6.07, 6.45) is -4.51. The Morgan fingerprint density at radius 1 is 0.857 bits per heavy atom. The monoisotopic (exact) mass is 617 g/mol. The summed E-state index contributed by atoms with van der Waals surface area (Å²) in [6, 6.07) is 21.9. The molecule has 42 heavy (non-hydrogen) atoms. The third-order valence-corrected chi connectivity index (χ3v) is 8.29.